The van der Waals surface area contributed by atoms with E-state index in [1.807, 2.05) is 54.6 Å². The van der Waals surface area contributed by atoms with E-state index in [0.29, 0.717) is 5.57 Å². The lowest BCUT2D eigenvalue weighted by Crippen LogP contribution is -1.99. The van der Waals surface area contributed by atoms with Crippen LogP contribution in [0.1, 0.15) is 12.5 Å². The second-order valence-corrected chi connectivity index (χ2v) is 5.38. The van der Waals surface area contributed by atoms with Crippen molar-refractivity contribution in [3.05, 3.63) is 69.9 Å². The number of rotatable bonds is 4. The van der Waals surface area contributed by atoms with E-state index in [0.717, 1.165) is 11.3 Å². The third-order valence-corrected chi connectivity index (χ3v) is 3.41. The molecule has 19 heavy (non-hydrogen) atoms. The van der Waals surface area contributed by atoms with E-state index in [2.05, 4.69) is 27.9 Å². The molecule has 0 aliphatic carbocycles. The van der Waals surface area contributed by atoms with E-state index in [1.54, 1.807) is 13.1 Å². The lowest BCUT2D eigenvalue weighted by Gasteiger charge is -2.06. The first-order chi connectivity index (χ1) is 9.16. The van der Waals surface area contributed by atoms with Crippen LogP contribution >= 0.6 is 22.6 Å². The average Bonchev–Trinajstić information content (AvgIpc) is 2.42. The molecule has 96 valence electrons. The van der Waals surface area contributed by atoms with Crippen molar-refractivity contribution in [1.29, 1.82) is 0 Å². The number of halogens is 1. The molecule has 0 saturated carbocycles. The standard InChI is InChI=1S/C16H14INO/c1-12(19)16(13-5-3-2-4-6-13)11-18-15-9-7-14(17)8-10-15/h2-11,18H,1H3. The van der Waals surface area contributed by atoms with Crippen LogP contribution in [0.25, 0.3) is 5.57 Å². The summed E-state index contributed by atoms with van der Waals surface area (Å²) < 4.78 is 1.18. The molecule has 2 nitrogen and oxygen atoms in total. The first-order valence-corrected chi connectivity index (χ1v) is 7.03. The van der Waals surface area contributed by atoms with Crippen LogP contribution in [0, 0.1) is 3.57 Å². The minimum atomic E-state index is 0.0456. The third kappa shape index (κ3) is 3.92. The van der Waals surface area contributed by atoms with Crippen molar-refractivity contribution in [1.82, 2.24) is 0 Å². The van der Waals surface area contributed by atoms with Crippen molar-refractivity contribution in [3.63, 3.8) is 0 Å². The van der Waals surface area contributed by atoms with Gasteiger partial charge < -0.3 is 5.32 Å². The predicted molar refractivity (Wildman–Crippen MR) is 87.9 cm³/mol. The molecule has 0 aliphatic rings. The largest absolute Gasteiger partial charge is 0.361 e. The zero-order valence-electron chi connectivity index (χ0n) is 10.6. The number of carbonyl (C=O) groups excluding carboxylic acids is 1. The molecular formula is C16H14INO. The number of nitrogens with one attached hydrogen (secondary N) is 1. The number of hydrogen-bond acceptors (Lipinski definition) is 2. The van der Waals surface area contributed by atoms with Gasteiger partial charge in [-0.1, -0.05) is 30.3 Å². The highest BCUT2D eigenvalue weighted by atomic mass is 127. The summed E-state index contributed by atoms with van der Waals surface area (Å²) in [6.45, 7) is 1.58. The molecule has 0 bridgehead atoms. The molecule has 2 aromatic carbocycles. The third-order valence-electron chi connectivity index (χ3n) is 2.69. The summed E-state index contributed by atoms with van der Waals surface area (Å²) in [5, 5.41) is 3.17. The van der Waals surface area contributed by atoms with Gasteiger partial charge in [-0.3, -0.25) is 4.79 Å². The SMILES string of the molecule is CC(=O)C(=CNc1ccc(I)cc1)c1ccccc1. The normalized spacial score (nSPS) is 11.2. The fourth-order valence-corrected chi connectivity index (χ4v) is 2.07. The number of benzene rings is 2. The monoisotopic (exact) mass is 363 g/mol. The molecule has 0 spiro atoms. The highest BCUT2D eigenvalue weighted by molar-refractivity contribution is 14.1. The first-order valence-electron chi connectivity index (χ1n) is 5.95. The molecule has 0 radical (unpaired) electrons. The van der Waals surface area contributed by atoms with Gasteiger partial charge in [0.2, 0.25) is 0 Å². The van der Waals surface area contributed by atoms with Crippen LogP contribution in [-0.2, 0) is 4.79 Å². The van der Waals surface area contributed by atoms with Gasteiger partial charge in [0, 0.05) is 21.0 Å². The van der Waals surface area contributed by atoms with Crippen LogP contribution in [0.3, 0.4) is 0 Å². The Kier molecular flexibility index (Phi) is 4.74. The quantitative estimate of drug-likeness (QED) is 0.647. The van der Waals surface area contributed by atoms with Gasteiger partial charge >= 0.3 is 0 Å². The predicted octanol–water partition coefficient (Wildman–Crippen LogP) is 4.33. The second-order valence-electron chi connectivity index (χ2n) is 4.13. The zero-order valence-corrected chi connectivity index (χ0v) is 12.7. The Morgan fingerprint density at radius 2 is 1.68 bits per heavy atom. The van der Waals surface area contributed by atoms with E-state index in [-0.39, 0.29) is 5.78 Å². The van der Waals surface area contributed by atoms with E-state index in [9.17, 15) is 4.79 Å². The molecule has 3 heteroatoms. The molecule has 0 heterocycles. The highest BCUT2D eigenvalue weighted by Gasteiger charge is 2.06. The van der Waals surface area contributed by atoms with Crippen molar-refractivity contribution < 1.29 is 4.79 Å². The molecule has 0 aromatic heterocycles. The molecular weight excluding hydrogens is 349 g/mol. The minimum Gasteiger partial charge on any atom is -0.361 e. The number of Topliss-reactive ketones (excluding diaryl/α,β-unsaturated/α-hetero) is 1. The molecule has 0 unspecified atom stereocenters. The van der Waals surface area contributed by atoms with E-state index in [1.165, 1.54) is 3.57 Å². The summed E-state index contributed by atoms with van der Waals surface area (Å²) in [4.78, 5) is 11.7. The van der Waals surface area contributed by atoms with Crippen molar-refractivity contribution in [2.75, 3.05) is 5.32 Å². The van der Waals surface area contributed by atoms with Gasteiger partial charge in [0.15, 0.2) is 5.78 Å². The Morgan fingerprint density at radius 1 is 1.05 bits per heavy atom. The lowest BCUT2D eigenvalue weighted by atomic mass is 10.0. The van der Waals surface area contributed by atoms with Crippen molar-refractivity contribution in [3.8, 4) is 0 Å². The molecule has 0 aliphatic heterocycles. The lowest BCUT2D eigenvalue weighted by molar-refractivity contribution is -0.111. The van der Waals surface area contributed by atoms with Gasteiger partial charge in [-0.25, -0.2) is 0 Å². The summed E-state index contributed by atoms with van der Waals surface area (Å²) in [7, 11) is 0. The molecule has 0 fully saturated rings. The topological polar surface area (TPSA) is 29.1 Å². The van der Waals surface area contributed by atoms with Gasteiger partial charge in [0.1, 0.15) is 0 Å². The maximum atomic E-state index is 11.7. The van der Waals surface area contributed by atoms with Crippen LogP contribution in [-0.4, -0.2) is 5.78 Å². The van der Waals surface area contributed by atoms with E-state index < -0.39 is 0 Å². The molecule has 2 rings (SSSR count). The van der Waals surface area contributed by atoms with Gasteiger partial charge in [0.05, 0.1) is 0 Å². The zero-order chi connectivity index (χ0) is 13.7. The van der Waals surface area contributed by atoms with Crippen LogP contribution < -0.4 is 5.32 Å². The molecule has 1 N–H and O–H groups in total. The Morgan fingerprint density at radius 3 is 2.26 bits per heavy atom. The molecule has 0 saturated heterocycles. The number of anilines is 1. The van der Waals surface area contributed by atoms with Gasteiger partial charge in [-0.15, -0.1) is 0 Å². The summed E-state index contributed by atoms with van der Waals surface area (Å²) in [6, 6.07) is 17.7. The number of allylic oxidation sites excluding steroid dienone is 1. The molecule has 0 atom stereocenters. The number of ketones is 1. The van der Waals surface area contributed by atoms with E-state index in [4.69, 9.17) is 0 Å². The highest BCUT2D eigenvalue weighted by Crippen LogP contribution is 2.17. The van der Waals surface area contributed by atoms with Crippen LogP contribution in [0.5, 0.6) is 0 Å². The number of carbonyl (C=O) groups is 1. The van der Waals surface area contributed by atoms with Crippen LogP contribution in [0.4, 0.5) is 5.69 Å². The Bertz CT molecular complexity index is 588. The minimum absolute atomic E-state index is 0.0456. The molecule has 0 amide bonds. The summed E-state index contributed by atoms with van der Waals surface area (Å²) in [5.74, 6) is 0.0456. The molecule has 2 aromatic rings. The van der Waals surface area contributed by atoms with E-state index >= 15 is 0 Å². The van der Waals surface area contributed by atoms with Gasteiger partial charge in [-0.2, -0.15) is 0 Å². The maximum Gasteiger partial charge on any atom is 0.161 e. The average molecular weight is 363 g/mol. The van der Waals surface area contributed by atoms with Gasteiger partial charge in [-0.05, 0) is 59.3 Å². The fourth-order valence-electron chi connectivity index (χ4n) is 1.71. The van der Waals surface area contributed by atoms with Crippen molar-refractivity contribution in [2.45, 2.75) is 6.92 Å². The van der Waals surface area contributed by atoms with Crippen LogP contribution in [0.15, 0.2) is 60.8 Å². The van der Waals surface area contributed by atoms with Crippen molar-refractivity contribution >= 4 is 39.6 Å². The summed E-state index contributed by atoms with van der Waals surface area (Å²) in [5.41, 5.74) is 2.57. The summed E-state index contributed by atoms with van der Waals surface area (Å²) in [6.07, 6.45) is 1.76. The smallest absolute Gasteiger partial charge is 0.161 e. The van der Waals surface area contributed by atoms with Crippen molar-refractivity contribution in [2.24, 2.45) is 0 Å². The Labute approximate surface area is 126 Å². The van der Waals surface area contributed by atoms with Crippen LogP contribution in [0.2, 0.25) is 0 Å². The number of hydrogen-bond donors (Lipinski definition) is 1. The maximum absolute atomic E-state index is 11.7. The Balaban J connectivity index is 2.23. The fraction of sp³-hybridized carbons (Fsp3) is 0.0625. The second kappa shape index (κ2) is 6.52. The first kappa shape index (κ1) is 13.8. The van der Waals surface area contributed by atoms with Gasteiger partial charge in [0.25, 0.3) is 0 Å². The summed E-state index contributed by atoms with van der Waals surface area (Å²) >= 11 is 2.26. The Hall–Kier alpha value is -1.62.